The fraction of sp³-hybridized carbons (Fsp3) is 0.476. The lowest BCUT2D eigenvalue weighted by Gasteiger charge is -2.25. The molecule has 0 radical (unpaired) electrons. The Labute approximate surface area is 170 Å². The van der Waals surface area contributed by atoms with Crippen molar-refractivity contribution in [2.75, 3.05) is 0 Å². The van der Waals surface area contributed by atoms with Gasteiger partial charge in [-0.25, -0.2) is 0 Å². The van der Waals surface area contributed by atoms with Gasteiger partial charge in [-0.05, 0) is 56.4 Å². The fourth-order valence-corrected chi connectivity index (χ4v) is 2.45. The zero-order valence-corrected chi connectivity index (χ0v) is 18.4. The molecule has 0 bridgehead atoms. The van der Waals surface area contributed by atoms with E-state index in [1.165, 1.54) is 5.56 Å². The van der Waals surface area contributed by atoms with Gasteiger partial charge in [0.15, 0.2) is 0 Å². The molecule has 0 saturated heterocycles. The second-order valence-corrected chi connectivity index (χ2v) is 8.61. The molecule has 2 rings (SSSR count). The highest BCUT2D eigenvalue weighted by molar-refractivity contribution is 5.85. The quantitative estimate of drug-likeness (QED) is 0.687. The van der Waals surface area contributed by atoms with E-state index in [0.29, 0.717) is 12.3 Å². The number of halogens is 2. The number of nitrogens with one attached hydrogen (secondary N) is 1. The van der Waals surface area contributed by atoms with E-state index in [9.17, 15) is 5.11 Å². The largest absolute Gasteiger partial charge is 0.507 e. The van der Waals surface area contributed by atoms with Crippen molar-refractivity contribution in [2.45, 2.75) is 66.0 Å². The first-order valence-corrected chi connectivity index (χ1v) is 8.52. The van der Waals surface area contributed by atoms with Crippen molar-refractivity contribution in [3.05, 3.63) is 47.2 Å². The first kappa shape index (κ1) is 24.7. The van der Waals surface area contributed by atoms with Crippen LogP contribution in [0.4, 0.5) is 0 Å². The Morgan fingerprint density at radius 3 is 2.08 bits per heavy atom. The summed E-state index contributed by atoms with van der Waals surface area (Å²) in [6, 6.07) is 8.16. The zero-order chi connectivity index (χ0) is 18.1. The Balaban J connectivity index is 0.00000312. The summed E-state index contributed by atoms with van der Waals surface area (Å²) < 4.78 is 0. The lowest BCUT2D eigenvalue weighted by Crippen LogP contribution is -2.35. The number of hydrogen-bond donors (Lipinski definition) is 2. The van der Waals surface area contributed by atoms with Gasteiger partial charge in [-0.3, -0.25) is 4.98 Å². The molecule has 0 aliphatic carbocycles. The summed E-state index contributed by atoms with van der Waals surface area (Å²) in [6.07, 6.45) is 1.84. The first-order valence-electron chi connectivity index (χ1n) is 8.52. The molecule has 2 aromatic rings. The van der Waals surface area contributed by atoms with Crippen molar-refractivity contribution in [2.24, 2.45) is 0 Å². The van der Waals surface area contributed by atoms with Crippen molar-refractivity contribution in [3.63, 3.8) is 0 Å². The average molecular weight is 399 g/mol. The van der Waals surface area contributed by atoms with Crippen LogP contribution in [0.5, 0.6) is 5.75 Å². The topological polar surface area (TPSA) is 45.1 Å². The third-order valence-corrected chi connectivity index (χ3v) is 4.05. The second-order valence-electron chi connectivity index (χ2n) is 8.61. The number of phenolic OH excluding ortho intramolecular Hbond substituents is 1. The first-order chi connectivity index (χ1) is 11.0. The highest BCUT2D eigenvalue weighted by atomic mass is 35.5. The number of aromatic nitrogens is 1. The normalized spacial score (nSPS) is 11.5. The summed E-state index contributed by atoms with van der Waals surface area (Å²) in [7, 11) is 0. The van der Waals surface area contributed by atoms with Crippen LogP contribution in [0.2, 0.25) is 0 Å². The maximum atomic E-state index is 10.8. The molecule has 0 fully saturated rings. The van der Waals surface area contributed by atoms with E-state index in [0.717, 1.165) is 22.4 Å². The summed E-state index contributed by atoms with van der Waals surface area (Å²) in [6.45, 7) is 15.6. The molecule has 0 amide bonds. The predicted molar refractivity (Wildman–Crippen MR) is 116 cm³/mol. The molecule has 1 aromatic heterocycles. The lowest BCUT2D eigenvalue weighted by atomic mass is 9.84. The van der Waals surface area contributed by atoms with Gasteiger partial charge in [0.1, 0.15) is 5.75 Å². The number of phenols is 1. The molecule has 0 spiro atoms. The van der Waals surface area contributed by atoms with E-state index in [4.69, 9.17) is 0 Å². The van der Waals surface area contributed by atoms with Crippen LogP contribution in [0, 0.1) is 6.92 Å². The van der Waals surface area contributed by atoms with Gasteiger partial charge in [0.05, 0.1) is 5.69 Å². The van der Waals surface area contributed by atoms with Crippen LogP contribution in [0.25, 0.3) is 11.3 Å². The molecule has 5 heteroatoms. The molecule has 3 nitrogen and oxygen atoms in total. The monoisotopic (exact) mass is 398 g/mol. The summed E-state index contributed by atoms with van der Waals surface area (Å²) in [4.78, 5) is 4.50. The smallest absolute Gasteiger partial charge is 0.129 e. The van der Waals surface area contributed by atoms with Gasteiger partial charge in [0, 0.05) is 29.4 Å². The molecule has 2 N–H and O–H groups in total. The van der Waals surface area contributed by atoms with E-state index in [2.05, 4.69) is 64.0 Å². The van der Waals surface area contributed by atoms with Crippen LogP contribution in [-0.4, -0.2) is 15.6 Å². The Kier molecular flexibility index (Phi) is 8.62. The molecular weight excluding hydrogens is 367 g/mol. The van der Waals surface area contributed by atoms with Gasteiger partial charge in [0.25, 0.3) is 0 Å². The molecule has 0 atom stereocenters. The van der Waals surface area contributed by atoms with Gasteiger partial charge >= 0.3 is 0 Å². The van der Waals surface area contributed by atoms with Crippen molar-refractivity contribution in [1.29, 1.82) is 0 Å². The summed E-state index contributed by atoms with van der Waals surface area (Å²) in [5.74, 6) is 0.316. The van der Waals surface area contributed by atoms with Crippen LogP contribution >= 0.6 is 24.8 Å². The van der Waals surface area contributed by atoms with Crippen LogP contribution in [0.1, 0.15) is 58.2 Å². The van der Waals surface area contributed by atoms with Crippen LogP contribution in [0.3, 0.4) is 0 Å². The maximum Gasteiger partial charge on any atom is 0.129 e. The summed E-state index contributed by atoms with van der Waals surface area (Å²) in [5.41, 5.74) is 4.82. The summed E-state index contributed by atoms with van der Waals surface area (Å²) >= 11 is 0. The van der Waals surface area contributed by atoms with Crippen molar-refractivity contribution in [1.82, 2.24) is 10.3 Å². The van der Waals surface area contributed by atoms with Gasteiger partial charge in [-0.2, -0.15) is 0 Å². The molecule has 1 aromatic carbocycles. The molecule has 0 saturated carbocycles. The fourth-order valence-electron chi connectivity index (χ4n) is 2.45. The minimum absolute atomic E-state index is 0. The highest BCUT2D eigenvalue weighted by Gasteiger charge is 2.21. The van der Waals surface area contributed by atoms with Crippen LogP contribution < -0.4 is 5.32 Å². The SMILES string of the molecule is Cc1ccc(-c2cc(C(C)(C)C)cc(CNC(C)(C)C)c2O)nc1.Cl.Cl. The van der Waals surface area contributed by atoms with E-state index in [-0.39, 0.29) is 35.8 Å². The Morgan fingerprint density at radius 2 is 1.62 bits per heavy atom. The number of nitrogens with zero attached hydrogens (tertiary/aromatic N) is 1. The predicted octanol–water partition coefficient (Wildman–Crippen LogP) is 5.79. The minimum Gasteiger partial charge on any atom is -0.507 e. The number of aromatic hydroxyl groups is 1. The van der Waals surface area contributed by atoms with Crippen molar-refractivity contribution in [3.8, 4) is 17.0 Å². The van der Waals surface area contributed by atoms with Crippen molar-refractivity contribution >= 4 is 24.8 Å². The van der Waals surface area contributed by atoms with Crippen LogP contribution in [0.15, 0.2) is 30.5 Å². The molecule has 26 heavy (non-hydrogen) atoms. The van der Waals surface area contributed by atoms with Crippen LogP contribution in [-0.2, 0) is 12.0 Å². The van der Waals surface area contributed by atoms with Gasteiger partial charge in [-0.15, -0.1) is 24.8 Å². The third kappa shape index (κ3) is 6.46. The third-order valence-electron chi connectivity index (χ3n) is 4.05. The second kappa shape index (κ2) is 9.07. The van der Waals surface area contributed by atoms with E-state index in [1.54, 1.807) is 0 Å². The standard InChI is InChI=1S/C21H30N2O.2ClH/c1-14-8-9-18(22-12-14)17-11-16(20(2,3)4)10-15(19(17)24)13-23-21(5,6)7;;/h8-12,23-24H,13H2,1-7H3;2*1H. The Hall–Kier alpha value is -1.29. The zero-order valence-electron chi connectivity index (χ0n) is 16.8. The number of pyridine rings is 1. The average Bonchev–Trinajstić information content (AvgIpc) is 2.45. The number of rotatable bonds is 3. The molecule has 0 aliphatic heterocycles. The molecule has 1 heterocycles. The number of benzene rings is 1. The molecule has 0 unspecified atom stereocenters. The number of aryl methyl sites for hydroxylation is 1. The summed E-state index contributed by atoms with van der Waals surface area (Å²) in [5, 5.41) is 14.3. The molecular formula is C21H32Cl2N2O. The molecule has 0 aliphatic rings. The Bertz CT molecular complexity index is 715. The van der Waals surface area contributed by atoms with Gasteiger partial charge < -0.3 is 10.4 Å². The highest BCUT2D eigenvalue weighted by Crippen LogP contribution is 2.36. The lowest BCUT2D eigenvalue weighted by molar-refractivity contribution is 0.411. The number of hydrogen-bond acceptors (Lipinski definition) is 3. The van der Waals surface area contributed by atoms with E-state index >= 15 is 0 Å². The molecule has 146 valence electrons. The minimum atomic E-state index is -0.00749. The Morgan fingerprint density at radius 1 is 1.00 bits per heavy atom. The van der Waals surface area contributed by atoms with Crippen molar-refractivity contribution < 1.29 is 5.11 Å². The van der Waals surface area contributed by atoms with Gasteiger partial charge in [-0.1, -0.05) is 32.9 Å². The maximum absolute atomic E-state index is 10.8. The van der Waals surface area contributed by atoms with E-state index in [1.807, 2.05) is 25.3 Å². The van der Waals surface area contributed by atoms with E-state index < -0.39 is 0 Å². The van der Waals surface area contributed by atoms with Gasteiger partial charge in [0.2, 0.25) is 0 Å².